The summed E-state index contributed by atoms with van der Waals surface area (Å²) in [7, 11) is 0. The van der Waals surface area contributed by atoms with Gasteiger partial charge >= 0.3 is 0 Å². The highest BCUT2D eigenvalue weighted by atomic mass is 32.1. The second kappa shape index (κ2) is 4.97. The lowest BCUT2D eigenvalue weighted by Crippen LogP contribution is -2.25. The molecule has 2 saturated carbocycles. The Labute approximate surface area is 120 Å². The standard InChI is InChI=1S/C13H18N4O2S/c14-9-8(11(15)18)13(16-5-6-1-2-6)20-10(9)12(19)17-7-3-4-7/h6-7,16H,1-5,14H2,(H2,15,18)(H,17,19). The third-order valence-electron chi connectivity index (χ3n) is 3.56. The van der Waals surface area contributed by atoms with Crippen molar-refractivity contribution in [3.05, 3.63) is 10.4 Å². The molecule has 2 aliphatic rings. The molecule has 7 heteroatoms. The summed E-state index contributed by atoms with van der Waals surface area (Å²) in [5.74, 6) is -0.151. The molecule has 1 aromatic heterocycles. The number of hydrogen-bond acceptors (Lipinski definition) is 5. The van der Waals surface area contributed by atoms with E-state index in [2.05, 4.69) is 10.6 Å². The molecule has 20 heavy (non-hydrogen) atoms. The van der Waals surface area contributed by atoms with E-state index in [9.17, 15) is 9.59 Å². The van der Waals surface area contributed by atoms with E-state index in [0.717, 1.165) is 19.4 Å². The van der Waals surface area contributed by atoms with E-state index in [1.54, 1.807) is 0 Å². The number of nitrogens with two attached hydrogens (primary N) is 2. The number of anilines is 2. The predicted octanol–water partition coefficient (Wildman–Crippen LogP) is 1.14. The molecule has 6 N–H and O–H groups in total. The fourth-order valence-electron chi connectivity index (χ4n) is 2.02. The predicted molar refractivity (Wildman–Crippen MR) is 79.0 cm³/mol. The molecule has 0 bridgehead atoms. The lowest BCUT2D eigenvalue weighted by Gasteiger charge is -2.04. The largest absolute Gasteiger partial charge is 0.397 e. The summed E-state index contributed by atoms with van der Waals surface area (Å²) < 4.78 is 0. The first kappa shape index (κ1) is 13.2. The summed E-state index contributed by atoms with van der Waals surface area (Å²) in [5, 5.41) is 6.69. The number of nitrogen functional groups attached to an aromatic ring is 1. The van der Waals surface area contributed by atoms with Gasteiger partial charge in [0.2, 0.25) is 0 Å². The topological polar surface area (TPSA) is 110 Å². The minimum atomic E-state index is -0.595. The lowest BCUT2D eigenvalue weighted by molar-refractivity contribution is 0.0955. The van der Waals surface area contributed by atoms with Gasteiger partial charge in [0, 0.05) is 12.6 Å². The quantitative estimate of drug-likeness (QED) is 0.630. The maximum atomic E-state index is 12.1. The first-order valence-electron chi connectivity index (χ1n) is 6.83. The number of nitrogens with one attached hydrogen (secondary N) is 2. The second-order valence-electron chi connectivity index (χ2n) is 5.49. The van der Waals surface area contributed by atoms with Crippen molar-refractivity contribution < 1.29 is 9.59 Å². The zero-order valence-corrected chi connectivity index (χ0v) is 11.9. The highest BCUT2D eigenvalue weighted by Gasteiger charge is 2.29. The van der Waals surface area contributed by atoms with Gasteiger partial charge in [-0.2, -0.15) is 0 Å². The van der Waals surface area contributed by atoms with Crippen molar-refractivity contribution in [1.29, 1.82) is 0 Å². The molecule has 108 valence electrons. The van der Waals surface area contributed by atoms with Crippen molar-refractivity contribution in [2.75, 3.05) is 17.6 Å². The number of thiophene rings is 1. The molecule has 0 unspecified atom stereocenters. The summed E-state index contributed by atoms with van der Waals surface area (Å²) in [4.78, 5) is 24.0. The van der Waals surface area contributed by atoms with E-state index in [1.165, 1.54) is 24.2 Å². The first-order chi connectivity index (χ1) is 9.56. The number of carbonyl (C=O) groups excluding carboxylic acids is 2. The van der Waals surface area contributed by atoms with Gasteiger partial charge in [-0.1, -0.05) is 0 Å². The van der Waals surface area contributed by atoms with Gasteiger partial charge in [-0.15, -0.1) is 11.3 Å². The SMILES string of the molecule is NC(=O)c1c(NCC2CC2)sc(C(=O)NC2CC2)c1N. The molecule has 2 aliphatic carbocycles. The summed E-state index contributed by atoms with van der Waals surface area (Å²) in [5.41, 5.74) is 11.8. The Hall–Kier alpha value is -1.76. The van der Waals surface area contributed by atoms with Crippen LogP contribution in [-0.4, -0.2) is 24.4 Å². The van der Waals surface area contributed by atoms with E-state index in [1.807, 2.05) is 0 Å². The average molecular weight is 294 g/mol. The van der Waals surface area contributed by atoms with E-state index >= 15 is 0 Å². The fraction of sp³-hybridized carbons (Fsp3) is 0.538. The Morgan fingerprint density at radius 1 is 1.25 bits per heavy atom. The van der Waals surface area contributed by atoms with Gasteiger partial charge in [0.15, 0.2) is 0 Å². The minimum absolute atomic E-state index is 0.193. The molecule has 0 spiro atoms. The van der Waals surface area contributed by atoms with Crippen LogP contribution in [0.4, 0.5) is 10.7 Å². The molecule has 0 saturated heterocycles. The molecule has 0 radical (unpaired) electrons. The highest BCUT2D eigenvalue weighted by Crippen LogP contribution is 2.37. The first-order valence-corrected chi connectivity index (χ1v) is 7.64. The zero-order valence-electron chi connectivity index (χ0n) is 11.1. The van der Waals surface area contributed by atoms with Crippen molar-refractivity contribution in [2.24, 2.45) is 11.7 Å². The van der Waals surface area contributed by atoms with Crippen LogP contribution in [0.2, 0.25) is 0 Å². The van der Waals surface area contributed by atoms with Crippen LogP contribution in [0.15, 0.2) is 0 Å². The Morgan fingerprint density at radius 3 is 2.50 bits per heavy atom. The van der Waals surface area contributed by atoms with Gasteiger partial charge in [-0.25, -0.2) is 0 Å². The van der Waals surface area contributed by atoms with Gasteiger partial charge in [-0.05, 0) is 31.6 Å². The maximum absolute atomic E-state index is 12.1. The van der Waals surface area contributed by atoms with E-state index in [0.29, 0.717) is 15.8 Å². The molecular weight excluding hydrogens is 276 g/mol. The normalized spacial score (nSPS) is 17.8. The third kappa shape index (κ3) is 2.72. The highest BCUT2D eigenvalue weighted by molar-refractivity contribution is 7.19. The maximum Gasteiger partial charge on any atom is 0.263 e. The van der Waals surface area contributed by atoms with Crippen LogP contribution in [-0.2, 0) is 0 Å². The third-order valence-corrected chi connectivity index (χ3v) is 4.72. The monoisotopic (exact) mass is 294 g/mol. The number of amides is 2. The van der Waals surface area contributed by atoms with Crippen molar-refractivity contribution >= 4 is 33.8 Å². The van der Waals surface area contributed by atoms with Crippen LogP contribution in [0.25, 0.3) is 0 Å². The summed E-state index contributed by atoms with van der Waals surface area (Å²) in [6, 6.07) is 0.254. The van der Waals surface area contributed by atoms with Crippen LogP contribution in [0.3, 0.4) is 0 Å². The second-order valence-corrected chi connectivity index (χ2v) is 6.51. The Balaban J connectivity index is 1.82. The number of rotatable bonds is 6. The minimum Gasteiger partial charge on any atom is -0.397 e. The Morgan fingerprint density at radius 2 is 1.95 bits per heavy atom. The smallest absolute Gasteiger partial charge is 0.263 e. The Bertz CT molecular complexity index is 561. The van der Waals surface area contributed by atoms with Gasteiger partial charge in [0.1, 0.15) is 9.88 Å². The number of carbonyl (C=O) groups is 2. The summed E-state index contributed by atoms with van der Waals surface area (Å²) in [6.45, 7) is 0.796. The van der Waals surface area contributed by atoms with Gasteiger partial charge in [0.05, 0.1) is 11.3 Å². The average Bonchev–Trinajstić information content (AvgIpc) is 3.27. The van der Waals surface area contributed by atoms with Crippen LogP contribution in [0.5, 0.6) is 0 Å². The summed E-state index contributed by atoms with van der Waals surface area (Å²) >= 11 is 1.21. The van der Waals surface area contributed by atoms with E-state index in [4.69, 9.17) is 11.5 Å². The molecule has 1 heterocycles. The van der Waals surface area contributed by atoms with Gasteiger partial charge in [-0.3, -0.25) is 9.59 Å². The van der Waals surface area contributed by atoms with E-state index < -0.39 is 5.91 Å². The number of hydrogen-bond donors (Lipinski definition) is 4. The molecule has 3 rings (SSSR count). The lowest BCUT2D eigenvalue weighted by atomic mass is 10.2. The molecule has 0 aromatic carbocycles. The van der Waals surface area contributed by atoms with Crippen LogP contribution in [0.1, 0.15) is 45.7 Å². The van der Waals surface area contributed by atoms with Crippen LogP contribution in [0, 0.1) is 5.92 Å². The van der Waals surface area contributed by atoms with Crippen molar-refractivity contribution in [1.82, 2.24) is 5.32 Å². The van der Waals surface area contributed by atoms with Crippen molar-refractivity contribution in [3.8, 4) is 0 Å². The molecule has 0 aliphatic heterocycles. The molecule has 2 amide bonds. The molecule has 2 fully saturated rings. The van der Waals surface area contributed by atoms with Crippen molar-refractivity contribution in [3.63, 3.8) is 0 Å². The molecule has 1 aromatic rings. The van der Waals surface area contributed by atoms with E-state index in [-0.39, 0.29) is 23.2 Å². The number of primary amides is 1. The molecule has 0 atom stereocenters. The molecular formula is C13H18N4O2S. The zero-order chi connectivity index (χ0) is 14.3. The summed E-state index contributed by atoms with van der Waals surface area (Å²) in [6.07, 6.45) is 4.42. The van der Waals surface area contributed by atoms with Crippen molar-refractivity contribution in [2.45, 2.75) is 31.7 Å². The van der Waals surface area contributed by atoms with Gasteiger partial charge in [0.25, 0.3) is 11.8 Å². The van der Waals surface area contributed by atoms with Crippen LogP contribution < -0.4 is 22.1 Å². The van der Waals surface area contributed by atoms with Crippen LogP contribution >= 0.6 is 11.3 Å². The molecule has 6 nitrogen and oxygen atoms in total. The van der Waals surface area contributed by atoms with Gasteiger partial charge < -0.3 is 22.1 Å². The fourth-order valence-corrected chi connectivity index (χ4v) is 3.06. The Kier molecular flexibility index (Phi) is 3.29.